The molecule has 2 rings (SSSR count). The molecule has 0 atom stereocenters. The van der Waals surface area contributed by atoms with Crippen LogP contribution in [0.5, 0.6) is 0 Å². The van der Waals surface area contributed by atoms with Gasteiger partial charge in [-0.3, -0.25) is 0 Å². The van der Waals surface area contributed by atoms with Crippen LogP contribution in [0.25, 0.3) is 0 Å². The Bertz CT molecular complexity index is 582. The number of benzene rings is 1. The second-order valence-electron chi connectivity index (χ2n) is 4.21. The molecule has 106 valence electrons. The van der Waals surface area contributed by atoms with E-state index in [9.17, 15) is 4.39 Å². The molecule has 0 aliphatic rings. The van der Waals surface area contributed by atoms with E-state index in [1.165, 1.54) is 12.1 Å². The summed E-state index contributed by atoms with van der Waals surface area (Å²) in [6.45, 7) is 2.93. The molecule has 0 unspecified atom stereocenters. The Balaban J connectivity index is 2.17. The lowest BCUT2D eigenvalue weighted by molar-refractivity contribution is 0.629. The van der Waals surface area contributed by atoms with Crippen molar-refractivity contribution in [2.75, 3.05) is 17.2 Å². The van der Waals surface area contributed by atoms with Crippen molar-refractivity contribution in [2.24, 2.45) is 0 Å². The van der Waals surface area contributed by atoms with Crippen LogP contribution in [0.1, 0.15) is 13.3 Å². The first-order chi connectivity index (χ1) is 9.60. The van der Waals surface area contributed by atoms with Crippen LogP contribution < -0.4 is 10.6 Å². The first-order valence-electron chi connectivity index (χ1n) is 6.22. The second kappa shape index (κ2) is 6.77. The van der Waals surface area contributed by atoms with Crippen LogP contribution in [0.15, 0.2) is 30.3 Å². The number of nitrogens with zero attached hydrogens (tertiary/aromatic N) is 1. The first kappa shape index (κ1) is 14.9. The molecule has 1 aromatic carbocycles. The smallest absolute Gasteiger partial charge is 0.160 e. The summed E-state index contributed by atoms with van der Waals surface area (Å²) in [6, 6.07) is 8.50. The van der Waals surface area contributed by atoms with Gasteiger partial charge in [0.1, 0.15) is 11.6 Å². The van der Waals surface area contributed by atoms with Crippen molar-refractivity contribution >= 4 is 40.5 Å². The minimum Gasteiger partial charge on any atom is -0.370 e. The number of anilines is 3. The Kier molecular flexibility index (Phi) is 5.04. The van der Waals surface area contributed by atoms with Crippen molar-refractivity contribution in [3.05, 3.63) is 46.2 Å². The summed E-state index contributed by atoms with van der Waals surface area (Å²) in [5, 5.41) is 6.18. The summed E-state index contributed by atoms with van der Waals surface area (Å²) in [5.74, 6) is 0.784. The van der Waals surface area contributed by atoms with Crippen molar-refractivity contribution in [3.8, 4) is 0 Å². The molecule has 20 heavy (non-hydrogen) atoms. The van der Waals surface area contributed by atoms with E-state index in [0.29, 0.717) is 11.5 Å². The van der Waals surface area contributed by atoms with Crippen molar-refractivity contribution in [3.63, 3.8) is 0 Å². The van der Waals surface area contributed by atoms with E-state index in [2.05, 4.69) is 22.5 Å². The maximum Gasteiger partial charge on any atom is 0.160 e. The van der Waals surface area contributed by atoms with Crippen LogP contribution in [0.3, 0.4) is 0 Å². The summed E-state index contributed by atoms with van der Waals surface area (Å²) in [7, 11) is 0. The van der Waals surface area contributed by atoms with Gasteiger partial charge in [-0.05, 0) is 30.7 Å². The van der Waals surface area contributed by atoms with Crippen molar-refractivity contribution in [2.45, 2.75) is 13.3 Å². The van der Waals surface area contributed by atoms with Crippen LogP contribution in [-0.2, 0) is 0 Å². The van der Waals surface area contributed by atoms with Crippen LogP contribution in [-0.4, -0.2) is 11.5 Å². The second-order valence-corrected chi connectivity index (χ2v) is 5.03. The van der Waals surface area contributed by atoms with Gasteiger partial charge in [0.15, 0.2) is 5.82 Å². The predicted octanol–water partition coefficient (Wildman–Crippen LogP) is 5.09. The zero-order valence-electron chi connectivity index (χ0n) is 10.9. The largest absolute Gasteiger partial charge is 0.370 e. The Morgan fingerprint density at radius 1 is 1.15 bits per heavy atom. The van der Waals surface area contributed by atoms with Gasteiger partial charge in [0, 0.05) is 12.2 Å². The minimum absolute atomic E-state index is 0.0275. The van der Waals surface area contributed by atoms with Crippen LogP contribution >= 0.6 is 23.2 Å². The lowest BCUT2D eigenvalue weighted by atomic mass is 10.3. The fourth-order valence-corrected chi connectivity index (χ4v) is 2.12. The normalized spacial score (nSPS) is 10.4. The average Bonchev–Trinajstić information content (AvgIpc) is 2.43. The molecule has 0 amide bonds. The highest BCUT2D eigenvalue weighted by molar-refractivity contribution is 6.35. The summed E-state index contributed by atoms with van der Waals surface area (Å²) in [5.41, 5.74) is 0.585. The van der Waals surface area contributed by atoms with Gasteiger partial charge in [0.05, 0.1) is 10.0 Å². The van der Waals surface area contributed by atoms with E-state index < -0.39 is 5.82 Å². The van der Waals surface area contributed by atoms with Gasteiger partial charge < -0.3 is 10.6 Å². The maximum absolute atomic E-state index is 13.3. The third kappa shape index (κ3) is 3.74. The maximum atomic E-state index is 13.3. The molecule has 1 heterocycles. The van der Waals surface area contributed by atoms with Crippen LogP contribution in [0, 0.1) is 5.82 Å². The lowest BCUT2D eigenvalue weighted by Gasteiger charge is -2.10. The molecule has 2 N–H and O–H groups in total. The monoisotopic (exact) mass is 313 g/mol. The molecule has 6 heteroatoms. The number of pyridine rings is 1. The van der Waals surface area contributed by atoms with Gasteiger partial charge in [-0.15, -0.1) is 0 Å². The molecule has 0 spiro atoms. The molecule has 0 aliphatic carbocycles. The molecule has 0 bridgehead atoms. The fraction of sp³-hybridized carbons (Fsp3) is 0.214. The van der Waals surface area contributed by atoms with E-state index >= 15 is 0 Å². The summed E-state index contributed by atoms with van der Waals surface area (Å²) in [6.07, 6.45) is 1.02. The third-order valence-electron chi connectivity index (χ3n) is 2.56. The first-order valence-corrected chi connectivity index (χ1v) is 6.98. The summed E-state index contributed by atoms with van der Waals surface area (Å²) in [4.78, 5) is 4.39. The Morgan fingerprint density at radius 3 is 2.45 bits per heavy atom. The SMILES string of the molecule is CCCNc1cccc(Nc2cc(Cl)c(F)c(Cl)c2)n1. The number of halogens is 3. The molecule has 0 aliphatic heterocycles. The number of hydrogen-bond acceptors (Lipinski definition) is 3. The Morgan fingerprint density at radius 2 is 1.80 bits per heavy atom. The molecule has 0 saturated carbocycles. The lowest BCUT2D eigenvalue weighted by Crippen LogP contribution is -2.03. The number of hydrogen-bond donors (Lipinski definition) is 2. The zero-order valence-corrected chi connectivity index (χ0v) is 12.4. The van der Waals surface area contributed by atoms with Gasteiger partial charge in [-0.25, -0.2) is 9.37 Å². The van der Waals surface area contributed by atoms with Crippen molar-refractivity contribution in [1.29, 1.82) is 0 Å². The number of rotatable bonds is 5. The Labute approximate surface area is 127 Å². The minimum atomic E-state index is -0.620. The molecular formula is C14H14Cl2FN3. The highest BCUT2D eigenvalue weighted by atomic mass is 35.5. The number of nitrogens with one attached hydrogen (secondary N) is 2. The summed E-state index contributed by atoms with van der Waals surface area (Å²) < 4.78 is 13.3. The summed E-state index contributed by atoms with van der Waals surface area (Å²) >= 11 is 11.5. The van der Waals surface area contributed by atoms with Gasteiger partial charge in [-0.2, -0.15) is 0 Å². The van der Waals surface area contributed by atoms with Gasteiger partial charge in [0.2, 0.25) is 0 Å². The fourth-order valence-electron chi connectivity index (χ4n) is 1.63. The number of aromatic nitrogens is 1. The van der Waals surface area contributed by atoms with E-state index in [1.807, 2.05) is 18.2 Å². The molecule has 3 nitrogen and oxygen atoms in total. The molecule has 0 saturated heterocycles. The topological polar surface area (TPSA) is 37.0 Å². The van der Waals surface area contributed by atoms with Gasteiger partial charge >= 0.3 is 0 Å². The zero-order chi connectivity index (χ0) is 14.5. The third-order valence-corrected chi connectivity index (χ3v) is 3.11. The van der Waals surface area contributed by atoms with E-state index in [0.717, 1.165) is 18.8 Å². The highest BCUT2D eigenvalue weighted by Crippen LogP contribution is 2.28. The highest BCUT2D eigenvalue weighted by Gasteiger charge is 2.08. The molecule has 0 radical (unpaired) electrons. The van der Waals surface area contributed by atoms with Crippen LogP contribution in [0.4, 0.5) is 21.7 Å². The molecule has 1 aromatic heterocycles. The van der Waals surface area contributed by atoms with Gasteiger partial charge in [0.25, 0.3) is 0 Å². The standard InChI is InChI=1S/C14H14Cl2FN3/c1-2-6-18-12-4-3-5-13(20-12)19-9-7-10(15)14(17)11(16)8-9/h3-5,7-8H,2,6H2,1H3,(H2,18,19,20). The van der Waals surface area contributed by atoms with Gasteiger partial charge in [-0.1, -0.05) is 36.2 Å². The molecule has 0 fully saturated rings. The van der Waals surface area contributed by atoms with E-state index in [4.69, 9.17) is 23.2 Å². The van der Waals surface area contributed by atoms with E-state index in [1.54, 1.807) is 0 Å². The quantitative estimate of drug-likeness (QED) is 0.755. The van der Waals surface area contributed by atoms with Crippen LogP contribution in [0.2, 0.25) is 10.0 Å². The average molecular weight is 314 g/mol. The van der Waals surface area contributed by atoms with Crippen molar-refractivity contribution in [1.82, 2.24) is 4.98 Å². The Hall–Kier alpha value is -1.52. The molecular weight excluding hydrogens is 300 g/mol. The van der Waals surface area contributed by atoms with E-state index in [-0.39, 0.29) is 10.0 Å². The predicted molar refractivity (Wildman–Crippen MR) is 82.7 cm³/mol. The molecule has 2 aromatic rings. The van der Waals surface area contributed by atoms with Crippen molar-refractivity contribution < 1.29 is 4.39 Å².